The van der Waals surface area contributed by atoms with E-state index in [9.17, 15) is 4.79 Å². The van der Waals surface area contributed by atoms with Crippen LogP contribution >= 0.6 is 11.3 Å². The van der Waals surface area contributed by atoms with Gasteiger partial charge in [0.15, 0.2) is 5.84 Å². The van der Waals surface area contributed by atoms with Crippen LogP contribution in [0.5, 0.6) is 0 Å². The summed E-state index contributed by atoms with van der Waals surface area (Å²) in [5.41, 5.74) is 7.60. The molecule has 0 aromatic carbocycles. The summed E-state index contributed by atoms with van der Waals surface area (Å²) >= 11 is 1.53. The molecule has 0 atom stereocenters. The number of aryl methyl sites for hydroxylation is 1. The lowest BCUT2D eigenvalue weighted by molar-refractivity contribution is -0.141. The van der Waals surface area contributed by atoms with Gasteiger partial charge >= 0.3 is 0 Å². The summed E-state index contributed by atoms with van der Waals surface area (Å²) in [7, 11) is 1.74. The maximum atomic E-state index is 12.5. The van der Waals surface area contributed by atoms with Gasteiger partial charge in [0.25, 0.3) is 0 Å². The maximum absolute atomic E-state index is 12.5. The molecule has 7 heteroatoms. The molecule has 0 bridgehead atoms. The highest BCUT2D eigenvalue weighted by atomic mass is 32.1. The van der Waals surface area contributed by atoms with E-state index < -0.39 is 5.41 Å². The highest BCUT2D eigenvalue weighted by molar-refractivity contribution is 7.09. The summed E-state index contributed by atoms with van der Waals surface area (Å²) in [6.45, 7) is 2.43. The topological polar surface area (TPSA) is 91.8 Å². The van der Waals surface area contributed by atoms with Crippen LogP contribution in [-0.4, -0.2) is 33.9 Å². The fraction of sp³-hybridized carbons (Fsp3) is 0.583. The highest BCUT2D eigenvalue weighted by Crippen LogP contribution is 2.42. The molecule has 1 fully saturated rings. The molecule has 0 aliphatic heterocycles. The van der Waals surface area contributed by atoms with Gasteiger partial charge in [0, 0.05) is 11.9 Å². The quantitative estimate of drug-likeness (QED) is 0.377. The van der Waals surface area contributed by atoms with Crippen molar-refractivity contribution < 1.29 is 10.0 Å². The molecule has 0 unspecified atom stereocenters. The van der Waals surface area contributed by atoms with E-state index in [2.05, 4.69) is 10.1 Å². The zero-order chi connectivity index (χ0) is 14.0. The lowest BCUT2D eigenvalue weighted by atomic mass is 9.67. The molecule has 1 aliphatic carbocycles. The lowest BCUT2D eigenvalue weighted by Gasteiger charge is -2.41. The Hall–Kier alpha value is -1.63. The monoisotopic (exact) mass is 282 g/mol. The molecule has 1 heterocycles. The normalized spacial score (nSPS) is 17.9. The number of amidine groups is 1. The van der Waals surface area contributed by atoms with Gasteiger partial charge in [0.1, 0.15) is 5.41 Å². The van der Waals surface area contributed by atoms with E-state index in [1.165, 1.54) is 11.3 Å². The Kier molecular flexibility index (Phi) is 3.75. The standard InChI is InChI=1S/C12H18N4O2S/c1-8-9(19-7-14-8)6-16(2)11(17)12(4-3-5-12)10(13)15-18/h7,18H,3-6H2,1-2H3,(H2,13,15). The van der Waals surface area contributed by atoms with Crippen molar-refractivity contribution in [3.8, 4) is 0 Å². The van der Waals surface area contributed by atoms with Crippen LogP contribution in [0.2, 0.25) is 0 Å². The number of oxime groups is 1. The van der Waals surface area contributed by atoms with Gasteiger partial charge in [-0.25, -0.2) is 4.98 Å². The first kappa shape index (κ1) is 13.8. The highest BCUT2D eigenvalue weighted by Gasteiger charge is 2.49. The third kappa shape index (κ3) is 2.30. The Morgan fingerprint density at radius 1 is 1.68 bits per heavy atom. The van der Waals surface area contributed by atoms with E-state index in [4.69, 9.17) is 10.9 Å². The van der Waals surface area contributed by atoms with E-state index in [0.29, 0.717) is 19.4 Å². The molecule has 1 aromatic rings. The number of thiazole rings is 1. The van der Waals surface area contributed by atoms with Crippen LogP contribution in [0, 0.1) is 12.3 Å². The molecule has 0 saturated heterocycles. The Morgan fingerprint density at radius 2 is 2.37 bits per heavy atom. The minimum absolute atomic E-state index is 0.0247. The van der Waals surface area contributed by atoms with Gasteiger partial charge in [-0.15, -0.1) is 11.3 Å². The van der Waals surface area contributed by atoms with Crippen LogP contribution in [-0.2, 0) is 11.3 Å². The SMILES string of the molecule is Cc1ncsc1CN(C)C(=O)C1(C(N)=NO)CCC1. The van der Waals surface area contributed by atoms with Crippen LogP contribution < -0.4 is 5.73 Å². The van der Waals surface area contributed by atoms with Crippen molar-refractivity contribution in [2.75, 3.05) is 7.05 Å². The number of nitrogens with two attached hydrogens (primary N) is 1. The van der Waals surface area contributed by atoms with Crippen LogP contribution in [0.1, 0.15) is 29.8 Å². The summed E-state index contributed by atoms with van der Waals surface area (Å²) < 4.78 is 0. The van der Waals surface area contributed by atoms with Crippen molar-refractivity contribution in [1.29, 1.82) is 0 Å². The van der Waals surface area contributed by atoms with Crippen LogP contribution in [0.15, 0.2) is 10.7 Å². The van der Waals surface area contributed by atoms with Crippen molar-refractivity contribution in [3.63, 3.8) is 0 Å². The predicted molar refractivity (Wildman–Crippen MR) is 73.0 cm³/mol. The smallest absolute Gasteiger partial charge is 0.236 e. The third-order valence-electron chi connectivity index (χ3n) is 3.79. The average molecular weight is 282 g/mol. The molecule has 0 spiro atoms. The molecular formula is C12H18N4O2S. The largest absolute Gasteiger partial charge is 0.409 e. The Balaban J connectivity index is 2.13. The first-order valence-corrected chi connectivity index (χ1v) is 7.02. The Labute approximate surface area is 115 Å². The number of amides is 1. The molecule has 2 rings (SSSR count). The summed E-state index contributed by atoms with van der Waals surface area (Å²) in [6, 6.07) is 0. The maximum Gasteiger partial charge on any atom is 0.236 e. The fourth-order valence-electron chi connectivity index (χ4n) is 2.34. The molecule has 0 radical (unpaired) electrons. The van der Waals surface area contributed by atoms with Gasteiger partial charge < -0.3 is 15.8 Å². The van der Waals surface area contributed by atoms with Crippen molar-refractivity contribution in [1.82, 2.24) is 9.88 Å². The van der Waals surface area contributed by atoms with Gasteiger partial charge in [-0.05, 0) is 19.8 Å². The van der Waals surface area contributed by atoms with Gasteiger partial charge in [-0.2, -0.15) is 0 Å². The minimum atomic E-state index is -0.803. The number of hydrogen-bond donors (Lipinski definition) is 2. The molecule has 1 aliphatic rings. The van der Waals surface area contributed by atoms with Gasteiger partial charge in [0.05, 0.1) is 17.7 Å². The van der Waals surface area contributed by atoms with Crippen molar-refractivity contribution in [2.24, 2.45) is 16.3 Å². The zero-order valence-corrected chi connectivity index (χ0v) is 11.9. The second-order valence-electron chi connectivity index (χ2n) is 4.94. The second-order valence-corrected chi connectivity index (χ2v) is 5.88. The molecule has 6 nitrogen and oxygen atoms in total. The first-order valence-electron chi connectivity index (χ1n) is 6.14. The molecule has 1 aromatic heterocycles. The van der Waals surface area contributed by atoms with Crippen LogP contribution in [0.3, 0.4) is 0 Å². The number of nitrogens with zero attached hydrogens (tertiary/aromatic N) is 3. The van der Waals surface area contributed by atoms with Gasteiger partial charge in [0.2, 0.25) is 5.91 Å². The summed E-state index contributed by atoms with van der Waals surface area (Å²) in [5.74, 6) is -0.0570. The van der Waals surface area contributed by atoms with Crippen molar-refractivity contribution in [3.05, 3.63) is 16.1 Å². The number of aromatic nitrogens is 1. The average Bonchev–Trinajstić information content (AvgIpc) is 2.73. The van der Waals surface area contributed by atoms with E-state index in [-0.39, 0.29) is 11.7 Å². The molecule has 104 valence electrons. The van der Waals surface area contributed by atoms with Gasteiger partial charge in [-0.3, -0.25) is 4.79 Å². The lowest BCUT2D eigenvalue weighted by Crippen LogP contribution is -2.54. The number of carbonyl (C=O) groups excluding carboxylic acids is 1. The minimum Gasteiger partial charge on any atom is -0.409 e. The molecule has 1 amide bonds. The fourth-order valence-corrected chi connectivity index (χ4v) is 3.17. The van der Waals surface area contributed by atoms with E-state index in [1.54, 1.807) is 17.5 Å². The van der Waals surface area contributed by atoms with Crippen molar-refractivity contribution in [2.45, 2.75) is 32.7 Å². The summed E-state index contributed by atoms with van der Waals surface area (Å²) in [4.78, 5) is 19.4. The molecule has 1 saturated carbocycles. The zero-order valence-electron chi connectivity index (χ0n) is 11.1. The van der Waals surface area contributed by atoms with E-state index in [1.807, 2.05) is 6.92 Å². The van der Waals surface area contributed by atoms with Gasteiger partial charge in [-0.1, -0.05) is 11.6 Å². The molecular weight excluding hydrogens is 264 g/mol. The summed E-state index contributed by atoms with van der Waals surface area (Å²) in [6.07, 6.45) is 2.22. The first-order chi connectivity index (χ1) is 9.01. The van der Waals surface area contributed by atoms with Crippen LogP contribution in [0.25, 0.3) is 0 Å². The second kappa shape index (κ2) is 5.16. The summed E-state index contributed by atoms with van der Waals surface area (Å²) in [5, 5.41) is 11.9. The number of rotatable bonds is 4. The number of carbonyl (C=O) groups is 1. The van der Waals surface area contributed by atoms with E-state index in [0.717, 1.165) is 17.0 Å². The number of hydrogen-bond acceptors (Lipinski definition) is 5. The third-order valence-corrected chi connectivity index (χ3v) is 4.71. The molecule has 3 N–H and O–H groups in total. The Morgan fingerprint density at radius 3 is 2.79 bits per heavy atom. The predicted octanol–water partition coefficient (Wildman–Crippen LogP) is 1.33. The van der Waals surface area contributed by atoms with E-state index >= 15 is 0 Å². The van der Waals surface area contributed by atoms with Crippen molar-refractivity contribution >= 4 is 23.1 Å². The molecule has 19 heavy (non-hydrogen) atoms. The van der Waals surface area contributed by atoms with Crippen LogP contribution in [0.4, 0.5) is 0 Å². The Bertz CT molecular complexity index is 508.